The monoisotopic (exact) mass is 241 g/mol. The summed E-state index contributed by atoms with van der Waals surface area (Å²) in [6.07, 6.45) is 2.43. The summed E-state index contributed by atoms with van der Waals surface area (Å²) in [7, 11) is 0. The zero-order valence-corrected chi connectivity index (χ0v) is 10.00. The van der Waals surface area contributed by atoms with Crippen LogP contribution in [0.15, 0.2) is 12.1 Å². The van der Waals surface area contributed by atoms with Crippen molar-refractivity contribution >= 4 is 23.1 Å². The third-order valence-corrected chi connectivity index (χ3v) is 2.99. The van der Waals surface area contributed by atoms with Crippen molar-refractivity contribution < 1.29 is 4.74 Å². The Morgan fingerprint density at radius 2 is 2.44 bits per heavy atom. The molecule has 0 saturated carbocycles. The molecule has 4 nitrogen and oxygen atoms in total. The van der Waals surface area contributed by atoms with Crippen molar-refractivity contribution in [1.29, 1.82) is 0 Å². The zero-order valence-electron chi connectivity index (χ0n) is 9.24. The van der Waals surface area contributed by atoms with Crippen LogP contribution >= 0.6 is 11.6 Å². The van der Waals surface area contributed by atoms with Crippen LogP contribution in [0.1, 0.15) is 19.8 Å². The molecule has 2 atom stereocenters. The highest BCUT2D eigenvalue weighted by Gasteiger charge is 2.22. The van der Waals surface area contributed by atoms with Crippen LogP contribution in [-0.4, -0.2) is 23.7 Å². The third kappa shape index (κ3) is 2.57. The molecule has 1 saturated heterocycles. The molecule has 1 aliphatic heterocycles. The molecule has 0 aromatic carbocycles. The quantitative estimate of drug-likeness (QED) is 0.798. The minimum atomic E-state index is 0.191. The largest absolute Gasteiger partial charge is 0.396 e. The van der Waals surface area contributed by atoms with Gasteiger partial charge >= 0.3 is 0 Å². The molecule has 2 heterocycles. The first-order chi connectivity index (χ1) is 7.66. The molecular weight excluding hydrogens is 226 g/mol. The lowest BCUT2D eigenvalue weighted by Gasteiger charge is -2.21. The molecule has 0 aliphatic carbocycles. The molecular formula is C11H16ClN3O. The first-order valence-corrected chi connectivity index (χ1v) is 5.85. The minimum absolute atomic E-state index is 0.191. The topological polar surface area (TPSA) is 60.2 Å². The summed E-state index contributed by atoms with van der Waals surface area (Å²) in [5.41, 5.74) is 6.42. The van der Waals surface area contributed by atoms with Crippen molar-refractivity contribution in [3.05, 3.63) is 17.3 Å². The highest BCUT2D eigenvalue weighted by molar-refractivity contribution is 6.29. The number of pyridine rings is 1. The minimum Gasteiger partial charge on any atom is -0.396 e. The van der Waals surface area contributed by atoms with E-state index in [2.05, 4.69) is 17.2 Å². The summed E-state index contributed by atoms with van der Waals surface area (Å²) < 4.78 is 5.59. The molecule has 2 rings (SSSR count). The molecule has 1 fully saturated rings. The maximum atomic E-state index is 5.82. The van der Waals surface area contributed by atoms with E-state index in [1.807, 2.05) is 0 Å². The predicted molar refractivity (Wildman–Crippen MR) is 65.7 cm³/mol. The van der Waals surface area contributed by atoms with Crippen molar-refractivity contribution in [2.45, 2.75) is 31.9 Å². The van der Waals surface area contributed by atoms with Crippen molar-refractivity contribution in [3.8, 4) is 0 Å². The summed E-state index contributed by atoms with van der Waals surface area (Å²) >= 11 is 5.82. The number of hydrogen-bond donors (Lipinski definition) is 2. The van der Waals surface area contributed by atoms with Crippen molar-refractivity contribution in [1.82, 2.24) is 4.98 Å². The van der Waals surface area contributed by atoms with Crippen LogP contribution in [0.25, 0.3) is 0 Å². The fourth-order valence-electron chi connectivity index (χ4n) is 1.87. The second-order valence-corrected chi connectivity index (χ2v) is 4.44. The number of nitrogens with one attached hydrogen (secondary N) is 1. The molecule has 2 unspecified atom stereocenters. The standard InChI is InChI=1S/C11H16ClN3O/c1-7(9-3-2-6-16-9)14-11-8(13)4-5-10(12)15-11/h4-5,7,9H,2-3,6,13H2,1H3,(H,14,15). The number of nitrogen functional groups attached to an aromatic ring is 1. The Morgan fingerprint density at radius 3 is 3.12 bits per heavy atom. The van der Waals surface area contributed by atoms with Crippen molar-refractivity contribution in [2.24, 2.45) is 0 Å². The lowest BCUT2D eigenvalue weighted by atomic mass is 10.1. The fourth-order valence-corrected chi connectivity index (χ4v) is 2.01. The molecule has 3 N–H and O–H groups in total. The van der Waals surface area contributed by atoms with E-state index in [1.165, 1.54) is 0 Å². The number of ether oxygens (including phenoxy) is 1. The second-order valence-electron chi connectivity index (χ2n) is 4.06. The van der Waals surface area contributed by atoms with E-state index in [0.717, 1.165) is 19.4 Å². The molecule has 0 radical (unpaired) electrons. The van der Waals surface area contributed by atoms with Gasteiger partial charge in [-0.15, -0.1) is 0 Å². The summed E-state index contributed by atoms with van der Waals surface area (Å²) in [6, 6.07) is 3.62. The maximum absolute atomic E-state index is 5.82. The molecule has 1 aromatic rings. The molecule has 5 heteroatoms. The lowest BCUT2D eigenvalue weighted by molar-refractivity contribution is 0.0996. The first kappa shape index (κ1) is 11.5. The molecule has 1 aliphatic rings. The molecule has 0 spiro atoms. The van der Waals surface area contributed by atoms with Gasteiger partial charge in [0.15, 0.2) is 5.82 Å². The number of aromatic nitrogens is 1. The number of nitrogens with two attached hydrogens (primary N) is 1. The van der Waals surface area contributed by atoms with Gasteiger partial charge in [-0.1, -0.05) is 11.6 Å². The molecule has 0 amide bonds. The Bertz CT molecular complexity index is 366. The van der Waals surface area contributed by atoms with Crippen LogP contribution in [0.3, 0.4) is 0 Å². The summed E-state index contributed by atoms with van der Waals surface area (Å²) in [4.78, 5) is 4.16. The van der Waals surface area contributed by atoms with Gasteiger partial charge in [-0.3, -0.25) is 0 Å². The highest BCUT2D eigenvalue weighted by atomic mass is 35.5. The first-order valence-electron chi connectivity index (χ1n) is 5.47. The Balaban J connectivity index is 2.04. The number of nitrogens with zero attached hydrogens (tertiary/aromatic N) is 1. The maximum Gasteiger partial charge on any atom is 0.151 e. The Kier molecular flexibility index (Phi) is 3.51. The Hall–Kier alpha value is -1.00. The fraction of sp³-hybridized carbons (Fsp3) is 0.545. The van der Waals surface area contributed by atoms with Crippen LogP contribution < -0.4 is 11.1 Å². The Labute approximate surface area is 100 Å². The van der Waals surface area contributed by atoms with E-state index >= 15 is 0 Å². The van der Waals surface area contributed by atoms with Gasteiger partial charge in [0.05, 0.1) is 17.8 Å². The number of halogens is 1. The summed E-state index contributed by atoms with van der Waals surface area (Å²) in [5.74, 6) is 0.635. The van der Waals surface area contributed by atoms with Gasteiger partial charge < -0.3 is 15.8 Å². The van der Waals surface area contributed by atoms with E-state index in [1.54, 1.807) is 12.1 Å². The lowest BCUT2D eigenvalue weighted by Crippen LogP contribution is -2.30. The number of anilines is 2. The van der Waals surface area contributed by atoms with E-state index in [4.69, 9.17) is 22.1 Å². The van der Waals surface area contributed by atoms with E-state index in [-0.39, 0.29) is 12.1 Å². The normalized spacial score (nSPS) is 22.0. The third-order valence-electron chi connectivity index (χ3n) is 2.78. The molecule has 1 aromatic heterocycles. The van der Waals surface area contributed by atoms with Gasteiger partial charge in [-0.05, 0) is 31.9 Å². The van der Waals surface area contributed by atoms with Crippen LogP contribution in [0.5, 0.6) is 0 Å². The summed E-state index contributed by atoms with van der Waals surface area (Å²) in [6.45, 7) is 2.91. The van der Waals surface area contributed by atoms with Crippen LogP contribution in [0.2, 0.25) is 5.15 Å². The second kappa shape index (κ2) is 4.89. The van der Waals surface area contributed by atoms with Gasteiger partial charge in [0, 0.05) is 6.61 Å². The van der Waals surface area contributed by atoms with Crippen molar-refractivity contribution in [3.63, 3.8) is 0 Å². The number of hydrogen-bond acceptors (Lipinski definition) is 4. The van der Waals surface area contributed by atoms with Gasteiger partial charge in [-0.2, -0.15) is 0 Å². The molecule has 88 valence electrons. The SMILES string of the molecule is CC(Nc1nc(Cl)ccc1N)C1CCCO1. The molecule has 0 bridgehead atoms. The average Bonchev–Trinajstić information content (AvgIpc) is 2.76. The Morgan fingerprint density at radius 1 is 1.62 bits per heavy atom. The zero-order chi connectivity index (χ0) is 11.5. The van der Waals surface area contributed by atoms with E-state index < -0.39 is 0 Å². The smallest absolute Gasteiger partial charge is 0.151 e. The highest BCUT2D eigenvalue weighted by Crippen LogP contribution is 2.22. The van der Waals surface area contributed by atoms with Crippen LogP contribution in [0.4, 0.5) is 11.5 Å². The van der Waals surface area contributed by atoms with Crippen LogP contribution in [0, 0.1) is 0 Å². The van der Waals surface area contributed by atoms with E-state index in [9.17, 15) is 0 Å². The van der Waals surface area contributed by atoms with Gasteiger partial charge in [-0.25, -0.2) is 4.98 Å². The predicted octanol–water partition coefficient (Wildman–Crippen LogP) is 2.30. The van der Waals surface area contributed by atoms with Gasteiger partial charge in [0.2, 0.25) is 0 Å². The van der Waals surface area contributed by atoms with Gasteiger partial charge in [0.25, 0.3) is 0 Å². The molecule has 16 heavy (non-hydrogen) atoms. The summed E-state index contributed by atoms with van der Waals surface area (Å²) in [5, 5.41) is 3.69. The van der Waals surface area contributed by atoms with E-state index in [0.29, 0.717) is 16.7 Å². The average molecular weight is 242 g/mol. The van der Waals surface area contributed by atoms with Crippen LogP contribution in [-0.2, 0) is 4.74 Å². The van der Waals surface area contributed by atoms with Crippen molar-refractivity contribution in [2.75, 3.05) is 17.7 Å². The number of rotatable bonds is 3. The van der Waals surface area contributed by atoms with Gasteiger partial charge in [0.1, 0.15) is 5.15 Å².